The van der Waals surface area contributed by atoms with Crippen molar-refractivity contribution in [1.82, 2.24) is 0 Å². The monoisotopic (exact) mass is 500 g/mol. The molecule has 0 heterocycles. The zero-order chi connectivity index (χ0) is 25.5. The summed E-state index contributed by atoms with van der Waals surface area (Å²) in [5.74, 6) is 0. The molecule has 0 atom stereocenters. The van der Waals surface area contributed by atoms with E-state index >= 15 is 0 Å². The van der Waals surface area contributed by atoms with E-state index in [9.17, 15) is 0 Å². The number of hydrogen-bond acceptors (Lipinski definition) is 0. The molecule has 0 aromatic heterocycles. The summed E-state index contributed by atoms with van der Waals surface area (Å²) in [7, 11) is -2.55. The molecule has 0 aliphatic carbocycles. The van der Waals surface area contributed by atoms with Gasteiger partial charge in [-0.1, -0.05) is 147 Å². The molecule has 2 heteroatoms. The second-order valence-corrected chi connectivity index (χ2v) is 22.2. The van der Waals surface area contributed by atoms with E-state index in [0.29, 0.717) is 0 Å². The van der Waals surface area contributed by atoms with Gasteiger partial charge in [0.05, 0.1) is 16.1 Å². The van der Waals surface area contributed by atoms with Gasteiger partial charge in [0.2, 0.25) is 0 Å². The Kier molecular flexibility index (Phi) is 6.36. The van der Waals surface area contributed by atoms with Gasteiger partial charge in [0, 0.05) is 0 Å². The van der Waals surface area contributed by atoms with Gasteiger partial charge in [-0.2, -0.15) is 0 Å². The Hall–Kier alpha value is -3.21. The molecule has 0 radical (unpaired) electrons. The van der Waals surface area contributed by atoms with Crippen LogP contribution in [0.1, 0.15) is 0 Å². The van der Waals surface area contributed by atoms with Crippen molar-refractivity contribution in [3.8, 4) is 33.4 Å². The van der Waals surface area contributed by atoms with E-state index in [1.165, 1.54) is 54.5 Å². The average molecular weight is 501 g/mol. The van der Waals surface area contributed by atoms with Crippen LogP contribution in [0, 0.1) is 0 Å². The van der Waals surface area contributed by atoms with Crippen molar-refractivity contribution < 1.29 is 0 Å². The largest absolute Gasteiger partial charge is 0.0775 e. The summed E-state index contributed by atoms with van der Waals surface area (Å²) in [6.45, 7) is 14.4. The first kappa shape index (κ1) is 24.5. The van der Waals surface area contributed by atoms with Crippen LogP contribution in [0.4, 0.5) is 0 Å². The van der Waals surface area contributed by atoms with Gasteiger partial charge in [-0.25, -0.2) is 0 Å². The molecule has 0 fully saturated rings. The fourth-order valence-corrected chi connectivity index (χ4v) is 7.12. The Morgan fingerprint density at radius 2 is 0.583 bits per heavy atom. The molecule has 5 aromatic rings. The van der Waals surface area contributed by atoms with Crippen molar-refractivity contribution in [3.63, 3.8) is 0 Å². The summed E-state index contributed by atoms with van der Waals surface area (Å²) in [4.78, 5) is 0. The Labute approximate surface area is 218 Å². The number of rotatable bonds is 5. The first-order chi connectivity index (χ1) is 17.1. The third-order valence-corrected chi connectivity index (χ3v) is 11.4. The van der Waals surface area contributed by atoms with Crippen molar-refractivity contribution in [2.24, 2.45) is 0 Å². The minimum Gasteiger partial charge on any atom is -0.0656 e. The lowest BCUT2D eigenvalue weighted by molar-refractivity contribution is 1.60. The second kappa shape index (κ2) is 9.35. The predicted molar refractivity (Wildman–Crippen MR) is 166 cm³/mol. The Morgan fingerprint density at radius 1 is 0.306 bits per heavy atom. The fourth-order valence-electron chi connectivity index (χ4n) is 4.79. The molecule has 0 nitrogen and oxygen atoms in total. The molecule has 5 rings (SSSR count). The lowest BCUT2D eigenvalue weighted by Gasteiger charge is -2.17. The minimum atomic E-state index is -1.28. The maximum Gasteiger partial charge on any atom is 0.0775 e. The van der Waals surface area contributed by atoms with Crippen molar-refractivity contribution in [3.05, 3.63) is 109 Å². The average Bonchev–Trinajstić information content (AvgIpc) is 2.87. The van der Waals surface area contributed by atoms with Crippen molar-refractivity contribution in [2.75, 3.05) is 0 Å². The number of benzene rings is 5. The first-order valence-corrected chi connectivity index (χ1v) is 19.9. The molecular formula is C34H36Si2. The molecule has 0 bridgehead atoms. The second-order valence-electron chi connectivity index (χ2n) is 12.0. The zero-order valence-corrected chi connectivity index (χ0v) is 24.4. The van der Waals surface area contributed by atoms with Gasteiger partial charge in [0.1, 0.15) is 0 Å². The van der Waals surface area contributed by atoms with E-state index in [0.717, 1.165) is 0 Å². The summed E-state index contributed by atoms with van der Waals surface area (Å²) >= 11 is 0. The molecule has 0 aliphatic heterocycles. The molecule has 5 aromatic carbocycles. The molecule has 0 saturated heterocycles. The third-order valence-electron chi connectivity index (χ3n) is 7.23. The van der Waals surface area contributed by atoms with Gasteiger partial charge in [0.15, 0.2) is 0 Å². The molecule has 0 spiro atoms. The summed E-state index contributed by atoms with van der Waals surface area (Å²) < 4.78 is 0. The van der Waals surface area contributed by atoms with Crippen LogP contribution in [0.25, 0.3) is 44.2 Å². The molecular weight excluding hydrogens is 465 g/mol. The topological polar surface area (TPSA) is 0 Å². The molecule has 180 valence electrons. The highest BCUT2D eigenvalue weighted by Gasteiger charge is 2.16. The van der Waals surface area contributed by atoms with E-state index < -0.39 is 16.1 Å². The van der Waals surface area contributed by atoms with Crippen LogP contribution >= 0.6 is 0 Å². The SMILES string of the molecule is C[Si](C)(C)c1ccc(-c2ccc(-c3ccc4ccc(-c5ccc([Si](C)(C)C)cc5)cc4c3)cc2)cc1. The Bertz CT molecular complexity index is 1500. The highest BCUT2D eigenvalue weighted by atomic mass is 28.3. The number of fused-ring (bicyclic) bond motifs is 1. The molecule has 0 aliphatic rings. The van der Waals surface area contributed by atoms with Crippen LogP contribution in [0.5, 0.6) is 0 Å². The molecule has 0 amide bonds. The van der Waals surface area contributed by atoms with Gasteiger partial charge in [-0.05, 0) is 56.3 Å². The molecule has 0 unspecified atom stereocenters. The summed E-state index contributed by atoms with van der Waals surface area (Å²) in [6.07, 6.45) is 0. The van der Waals surface area contributed by atoms with E-state index in [2.05, 4.69) is 148 Å². The van der Waals surface area contributed by atoms with E-state index in [1.807, 2.05) is 0 Å². The summed E-state index contributed by atoms with van der Waals surface area (Å²) in [6, 6.07) is 41.0. The normalized spacial score (nSPS) is 12.2. The van der Waals surface area contributed by atoms with Gasteiger partial charge in [-0.15, -0.1) is 0 Å². The third kappa shape index (κ3) is 5.16. The van der Waals surface area contributed by atoms with Gasteiger partial charge >= 0.3 is 0 Å². The van der Waals surface area contributed by atoms with Crippen LogP contribution in [-0.4, -0.2) is 16.1 Å². The van der Waals surface area contributed by atoms with Gasteiger partial charge in [0.25, 0.3) is 0 Å². The van der Waals surface area contributed by atoms with E-state index in [4.69, 9.17) is 0 Å². The van der Waals surface area contributed by atoms with Crippen LogP contribution in [0.2, 0.25) is 39.3 Å². The maximum atomic E-state index is 2.40. The smallest absolute Gasteiger partial charge is 0.0656 e. The lowest BCUT2D eigenvalue weighted by Crippen LogP contribution is -2.37. The Balaban J connectivity index is 1.42. The standard InChI is InChI=1S/C34H36Si2/c1-35(2,3)33-19-15-26(16-20-33)25-7-9-27(10-8-25)30-13-11-29-12-14-31(24-32(29)23-30)28-17-21-34(22-18-28)36(4,5)6/h7-24H,1-6H3. The van der Waals surface area contributed by atoms with Gasteiger partial charge < -0.3 is 0 Å². The first-order valence-electron chi connectivity index (χ1n) is 12.9. The lowest BCUT2D eigenvalue weighted by atomic mass is 9.96. The van der Waals surface area contributed by atoms with E-state index in [-0.39, 0.29) is 0 Å². The van der Waals surface area contributed by atoms with Crippen LogP contribution in [0.3, 0.4) is 0 Å². The van der Waals surface area contributed by atoms with Crippen LogP contribution in [-0.2, 0) is 0 Å². The van der Waals surface area contributed by atoms with Gasteiger partial charge in [-0.3, -0.25) is 0 Å². The van der Waals surface area contributed by atoms with Crippen LogP contribution in [0.15, 0.2) is 109 Å². The van der Waals surface area contributed by atoms with Crippen molar-refractivity contribution >= 4 is 37.3 Å². The van der Waals surface area contributed by atoms with E-state index in [1.54, 1.807) is 0 Å². The van der Waals surface area contributed by atoms with Crippen molar-refractivity contribution in [2.45, 2.75) is 39.3 Å². The highest BCUT2D eigenvalue weighted by Crippen LogP contribution is 2.30. The maximum absolute atomic E-state index is 2.40. The fraction of sp³-hybridized carbons (Fsp3) is 0.176. The molecule has 0 saturated carbocycles. The predicted octanol–water partition coefficient (Wildman–Crippen LogP) is 8.93. The summed E-state index contributed by atoms with van der Waals surface area (Å²) in [5.41, 5.74) is 7.63. The zero-order valence-electron chi connectivity index (χ0n) is 22.4. The van der Waals surface area contributed by atoms with Crippen LogP contribution < -0.4 is 10.4 Å². The number of hydrogen-bond donors (Lipinski definition) is 0. The minimum absolute atomic E-state index is 1.25. The molecule has 36 heavy (non-hydrogen) atoms. The Morgan fingerprint density at radius 3 is 0.917 bits per heavy atom. The molecule has 0 N–H and O–H groups in total. The quantitative estimate of drug-likeness (QED) is 0.211. The highest BCUT2D eigenvalue weighted by molar-refractivity contribution is 6.89. The van der Waals surface area contributed by atoms with Crippen molar-refractivity contribution in [1.29, 1.82) is 0 Å². The summed E-state index contributed by atoms with van der Waals surface area (Å²) in [5, 5.41) is 5.57.